The van der Waals surface area contributed by atoms with E-state index in [-0.39, 0.29) is 32.7 Å². The van der Waals surface area contributed by atoms with Crippen molar-refractivity contribution in [3.63, 3.8) is 0 Å². The van der Waals surface area contributed by atoms with Crippen molar-refractivity contribution in [1.82, 2.24) is 0 Å². The minimum Gasteiger partial charge on any atom is -0.456 e. The Balaban J connectivity index is 2.05. The number of aliphatic hydroxyl groups is 1. The monoisotopic (exact) mass is 406 g/mol. The largest absolute Gasteiger partial charge is 0.456 e. The van der Waals surface area contributed by atoms with E-state index in [2.05, 4.69) is 15.9 Å². The molecule has 1 aliphatic rings. The lowest BCUT2D eigenvalue weighted by atomic mass is 10.1. The third-order valence-corrected chi connectivity index (χ3v) is 6.03. The lowest BCUT2D eigenvalue weighted by Gasteiger charge is -2.12. The molecule has 1 atom stereocenters. The number of rotatable bonds is 2. The van der Waals surface area contributed by atoms with E-state index in [0.717, 1.165) is 12.1 Å². The van der Waals surface area contributed by atoms with Gasteiger partial charge in [0.2, 0.25) is 0 Å². The maximum Gasteiger partial charge on any atom is 0.181 e. The van der Waals surface area contributed by atoms with Crippen LogP contribution in [0.1, 0.15) is 11.7 Å². The summed E-state index contributed by atoms with van der Waals surface area (Å²) in [6.07, 6.45) is -1.13. The summed E-state index contributed by atoms with van der Waals surface area (Å²) < 4.78 is 42.9. The molecule has 8 heteroatoms. The molecule has 0 radical (unpaired) electrons. The van der Waals surface area contributed by atoms with Crippen molar-refractivity contribution in [2.75, 3.05) is 5.75 Å². The van der Waals surface area contributed by atoms with E-state index in [1.54, 1.807) is 0 Å². The number of hydrogen-bond acceptors (Lipinski definition) is 4. The zero-order valence-corrected chi connectivity index (χ0v) is 14.0. The van der Waals surface area contributed by atoms with Gasteiger partial charge in [-0.25, -0.2) is 12.8 Å². The van der Waals surface area contributed by atoms with E-state index in [4.69, 9.17) is 16.3 Å². The second-order valence-corrected chi connectivity index (χ2v) is 8.03. The van der Waals surface area contributed by atoms with Crippen molar-refractivity contribution in [2.45, 2.75) is 11.0 Å². The molecule has 0 saturated heterocycles. The lowest BCUT2D eigenvalue weighted by molar-refractivity contribution is 0.203. The first kappa shape index (κ1) is 15.7. The summed E-state index contributed by atoms with van der Waals surface area (Å²) in [5.74, 6) is -0.490. The van der Waals surface area contributed by atoms with Gasteiger partial charge in [-0.1, -0.05) is 11.6 Å². The molecule has 0 spiro atoms. The predicted octanol–water partition coefficient (Wildman–Crippen LogP) is 3.85. The first-order chi connectivity index (χ1) is 10.3. The third-order valence-electron chi connectivity index (χ3n) is 3.21. The van der Waals surface area contributed by atoms with Crippen LogP contribution >= 0.6 is 27.5 Å². The Bertz CT molecular complexity index is 849. The summed E-state index contributed by atoms with van der Waals surface area (Å²) in [7, 11) is -3.50. The second-order valence-electron chi connectivity index (χ2n) is 4.79. The van der Waals surface area contributed by atoms with E-state index in [9.17, 15) is 17.9 Å². The van der Waals surface area contributed by atoms with Crippen molar-refractivity contribution in [3.8, 4) is 11.5 Å². The van der Waals surface area contributed by atoms with Gasteiger partial charge in [0.25, 0.3) is 0 Å². The average molecular weight is 408 g/mol. The first-order valence-electron chi connectivity index (χ1n) is 6.15. The van der Waals surface area contributed by atoms with Crippen LogP contribution in [0.15, 0.2) is 39.7 Å². The molecule has 0 aliphatic carbocycles. The molecule has 4 nitrogen and oxygen atoms in total. The van der Waals surface area contributed by atoms with Gasteiger partial charge in [0.1, 0.15) is 17.3 Å². The number of hydrogen-bond donors (Lipinski definition) is 1. The topological polar surface area (TPSA) is 63.6 Å². The van der Waals surface area contributed by atoms with Crippen LogP contribution in [0.3, 0.4) is 0 Å². The molecule has 0 bridgehead atoms. The smallest absolute Gasteiger partial charge is 0.181 e. The van der Waals surface area contributed by atoms with Gasteiger partial charge >= 0.3 is 0 Å². The van der Waals surface area contributed by atoms with Crippen LogP contribution < -0.4 is 4.74 Å². The Morgan fingerprint density at radius 3 is 2.73 bits per heavy atom. The van der Waals surface area contributed by atoms with E-state index in [1.807, 2.05) is 0 Å². The first-order valence-corrected chi connectivity index (χ1v) is 8.97. The minimum atomic E-state index is -3.50. The summed E-state index contributed by atoms with van der Waals surface area (Å²) in [5.41, 5.74) is 0.250. The van der Waals surface area contributed by atoms with Crippen LogP contribution in [-0.4, -0.2) is 19.3 Å². The predicted molar refractivity (Wildman–Crippen MR) is 82.6 cm³/mol. The molecule has 1 aliphatic heterocycles. The molecule has 1 N–H and O–H groups in total. The van der Waals surface area contributed by atoms with Crippen LogP contribution in [0.5, 0.6) is 11.5 Å². The molecule has 3 rings (SSSR count). The Kier molecular flexibility index (Phi) is 3.92. The molecular formula is C14H9BrClFO4S. The Morgan fingerprint density at radius 1 is 1.32 bits per heavy atom. The molecule has 0 aromatic heterocycles. The summed E-state index contributed by atoms with van der Waals surface area (Å²) in [6.45, 7) is 0. The Hall–Kier alpha value is -1.15. The summed E-state index contributed by atoms with van der Waals surface area (Å²) in [5, 5.41) is 10.1. The fourth-order valence-corrected chi connectivity index (χ4v) is 4.96. The van der Waals surface area contributed by atoms with Crippen LogP contribution in [0.25, 0.3) is 0 Å². The second kappa shape index (κ2) is 5.49. The van der Waals surface area contributed by atoms with Crippen molar-refractivity contribution in [1.29, 1.82) is 0 Å². The highest BCUT2D eigenvalue weighted by molar-refractivity contribution is 9.10. The van der Waals surface area contributed by atoms with Gasteiger partial charge in [0.05, 0.1) is 21.2 Å². The zero-order valence-electron chi connectivity index (χ0n) is 10.9. The van der Waals surface area contributed by atoms with Gasteiger partial charge in [-0.3, -0.25) is 0 Å². The highest BCUT2D eigenvalue weighted by Gasteiger charge is 2.36. The molecule has 2 aromatic rings. The zero-order chi connectivity index (χ0) is 16.1. The van der Waals surface area contributed by atoms with Crippen LogP contribution in [0.2, 0.25) is 5.02 Å². The van der Waals surface area contributed by atoms with E-state index >= 15 is 0 Å². The number of aliphatic hydroxyl groups excluding tert-OH is 1. The van der Waals surface area contributed by atoms with Crippen LogP contribution in [-0.2, 0) is 9.84 Å². The van der Waals surface area contributed by atoms with Crippen molar-refractivity contribution < 1.29 is 22.7 Å². The highest BCUT2D eigenvalue weighted by Crippen LogP contribution is 2.44. The van der Waals surface area contributed by atoms with Gasteiger partial charge in [-0.05, 0) is 40.2 Å². The molecule has 22 heavy (non-hydrogen) atoms. The molecule has 0 unspecified atom stereocenters. The number of halogens is 3. The lowest BCUT2D eigenvalue weighted by Crippen LogP contribution is -2.02. The molecule has 0 amide bonds. The number of benzene rings is 2. The van der Waals surface area contributed by atoms with Gasteiger partial charge in [0.15, 0.2) is 9.84 Å². The number of sulfone groups is 1. The third kappa shape index (κ3) is 2.74. The SMILES string of the molecule is O=S1(=O)C[C@@H](O)c2c1ccc(Oc1cc(F)cc(Cl)c1)c2Br. The number of ether oxygens (including phenoxy) is 1. The van der Waals surface area contributed by atoms with E-state index in [0.29, 0.717) is 4.47 Å². The average Bonchev–Trinajstić information content (AvgIpc) is 2.62. The fraction of sp³-hybridized carbons (Fsp3) is 0.143. The van der Waals surface area contributed by atoms with Crippen molar-refractivity contribution in [2.24, 2.45) is 0 Å². The van der Waals surface area contributed by atoms with E-state index < -0.39 is 21.8 Å². The van der Waals surface area contributed by atoms with Crippen molar-refractivity contribution >= 4 is 37.4 Å². The summed E-state index contributed by atoms with van der Waals surface area (Å²) in [6, 6.07) is 6.53. The normalized spacial score (nSPS) is 19.0. The number of fused-ring (bicyclic) bond motifs is 1. The maximum absolute atomic E-state index is 13.3. The van der Waals surface area contributed by atoms with Crippen LogP contribution in [0, 0.1) is 5.82 Å². The highest BCUT2D eigenvalue weighted by atomic mass is 79.9. The fourth-order valence-electron chi connectivity index (χ4n) is 2.31. The molecule has 0 fully saturated rings. The Labute approximate surface area is 139 Å². The molecule has 0 saturated carbocycles. The van der Waals surface area contributed by atoms with E-state index in [1.165, 1.54) is 18.2 Å². The minimum absolute atomic E-state index is 0.0662. The molecule has 1 heterocycles. The Morgan fingerprint density at radius 2 is 2.05 bits per heavy atom. The van der Waals surface area contributed by atoms with Gasteiger partial charge in [-0.15, -0.1) is 0 Å². The van der Waals surface area contributed by atoms with Gasteiger partial charge in [0, 0.05) is 16.7 Å². The van der Waals surface area contributed by atoms with Gasteiger partial charge < -0.3 is 9.84 Å². The van der Waals surface area contributed by atoms with Crippen molar-refractivity contribution in [3.05, 3.63) is 51.2 Å². The quantitative estimate of drug-likeness (QED) is 0.821. The molecule has 2 aromatic carbocycles. The molecule has 116 valence electrons. The van der Waals surface area contributed by atoms with Gasteiger partial charge in [-0.2, -0.15) is 0 Å². The summed E-state index contributed by atoms with van der Waals surface area (Å²) in [4.78, 5) is 0.0662. The summed E-state index contributed by atoms with van der Waals surface area (Å²) >= 11 is 9.00. The standard InChI is InChI=1S/C14H9BrClFO4S/c15-14-11(21-9-4-7(16)3-8(17)5-9)1-2-12-13(14)10(18)6-22(12,19)20/h1-5,10,18H,6H2/t10-/m1/s1. The van der Waals surface area contributed by atoms with Crippen LogP contribution in [0.4, 0.5) is 4.39 Å². The maximum atomic E-state index is 13.3. The molecular weight excluding hydrogens is 399 g/mol.